The van der Waals surface area contributed by atoms with Gasteiger partial charge in [-0.3, -0.25) is 4.99 Å². The fourth-order valence-corrected chi connectivity index (χ4v) is 2.32. The third kappa shape index (κ3) is 6.11. The minimum Gasteiger partial charge on any atom is -0.443 e. The third-order valence-electron chi connectivity index (χ3n) is 3.18. The van der Waals surface area contributed by atoms with E-state index in [1.165, 1.54) is 0 Å². The third-order valence-corrected chi connectivity index (χ3v) is 4.04. The van der Waals surface area contributed by atoms with Crippen LogP contribution in [0.1, 0.15) is 19.5 Å². The molecule has 0 radical (unpaired) electrons. The van der Waals surface area contributed by atoms with Crippen LogP contribution in [0.15, 0.2) is 33.2 Å². The van der Waals surface area contributed by atoms with Crippen molar-refractivity contribution in [2.24, 2.45) is 4.99 Å². The lowest BCUT2D eigenvalue weighted by molar-refractivity contribution is 0.0268. The van der Waals surface area contributed by atoms with Gasteiger partial charge in [0.2, 0.25) is 5.89 Å². The second kappa shape index (κ2) is 9.24. The van der Waals surface area contributed by atoms with Crippen molar-refractivity contribution < 1.29 is 9.15 Å². The average Bonchev–Trinajstić information content (AvgIpc) is 3.18. The summed E-state index contributed by atoms with van der Waals surface area (Å²) in [5, 5.41) is 8.43. The first-order valence-electron chi connectivity index (χ1n) is 7.02. The Hall–Kier alpha value is -1.13. The Bertz CT molecular complexity index is 611. The van der Waals surface area contributed by atoms with E-state index in [-0.39, 0.29) is 29.6 Å². The highest BCUT2D eigenvalue weighted by Gasteiger charge is 2.16. The summed E-state index contributed by atoms with van der Waals surface area (Å²) in [6.45, 7) is 5.22. The number of ether oxygens (including phenoxy) is 1. The number of rotatable bonds is 6. The molecule has 6 nitrogen and oxygen atoms in total. The summed E-state index contributed by atoms with van der Waals surface area (Å²) >= 11 is 1.60. The molecule has 8 heteroatoms. The SMILES string of the molecule is CN=C(NCc1coc(-c2cccs2)n1)NCC(C)(C)OC.I. The number of thiophene rings is 1. The van der Waals surface area contributed by atoms with Gasteiger partial charge in [0.25, 0.3) is 0 Å². The molecule has 2 rings (SSSR count). The molecular weight excluding hydrogens is 427 g/mol. The lowest BCUT2D eigenvalue weighted by Crippen LogP contribution is -2.45. The highest BCUT2D eigenvalue weighted by Crippen LogP contribution is 2.23. The Balaban J connectivity index is 0.00000264. The van der Waals surface area contributed by atoms with Crippen LogP contribution in [0.3, 0.4) is 0 Å². The van der Waals surface area contributed by atoms with Crippen molar-refractivity contribution in [1.82, 2.24) is 15.6 Å². The van der Waals surface area contributed by atoms with E-state index >= 15 is 0 Å². The van der Waals surface area contributed by atoms with Crippen LogP contribution in [-0.4, -0.2) is 37.2 Å². The number of hydrogen-bond acceptors (Lipinski definition) is 5. The highest BCUT2D eigenvalue weighted by atomic mass is 127. The predicted octanol–water partition coefficient (Wildman–Crippen LogP) is 3.11. The number of methoxy groups -OCH3 is 1. The van der Waals surface area contributed by atoms with Crippen molar-refractivity contribution >= 4 is 41.3 Å². The smallest absolute Gasteiger partial charge is 0.236 e. The number of aromatic nitrogens is 1. The molecule has 0 spiro atoms. The number of aliphatic imine (C=N–C) groups is 1. The molecule has 0 unspecified atom stereocenters. The summed E-state index contributed by atoms with van der Waals surface area (Å²) in [5.74, 6) is 1.35. The van der Waals surface area contributed by atoms with Gasteiger partial charge in [-0.05, 0) is 25.3 Å². The summed E-state index contributed by atoms with van der Waals surface area (Å²) < 4.78 is 10.9. The van der Waals surface area contributed by atoms with E-state index in [2.05, 4.69) is 20.6 Å². The van der Waals surface area contributed by atoms with Gasteiger partial charge >= 0.3 is 0 Å². The maximum Gasteiger partial charge on any atom is 0.236 e. The van der Waals surface area contributed by atoms with E-state index in [1.807, 2.05) is 31.4 Å². The Kier molecular flexibility index (Phi) is 8.00. The first-order valence-corrected chi connectivity index (χ1v) is 7.90. The lowest BCUT2D eigenvalue weighted by Gasteiger charge is -2.24. The standard InChI is InChI=1S/C15H22N4O2S.HI/c1-15(2,20-4)10-18-14(16-3)17-8-11-9-21-13(19-11)12-6-5-7-22-12;/h5-7,9H,8,10H2,1-4H3,(H2,16,17,18);1H. The van der Waals surface area contributed by atoms with Crippen molar-refractivity contribution in [1.29, 1.82) is 0 Å². The molecule has 0 aliphatic rings. The zero-order valence-electron chi connectivity index (χ0n) is 13.8. The molecule has 2 aromatic rings. The van der Waals surface area contributed by atoms with E-state index in [4.69, 9.17) is 9.15 Å². The Morgan fingerprint density at radius 3 is 2.83 bits per heavy atom. The van der Waals surface area contributed by atoms with E-state index in [0.717, 1.165) is 10.6 Å². The fraction of sp³-hybridized carbons (Fsp3) is 0.467. The first kappa shape index (κ1) is 19.9. The first-order chi connectivity index (χ1) is 10.5. The molecule has 23 heavy (non-hydrogen) atoms. The molecule has 0 aliphatic heterocycles. The minimum atomic E-state index is -0.252. The topological polar surface area (TPSA) is 71.7 Å². The number of guanidine groups is 1. The Labute approximate surface area is 157 Å². The zero-order chi connectivity index (χ0) is 16.0. The van der Waals surface area contributed by atoms with Gasteiger partial charge in [0.05, 0.1) is 22.7 Å². The van der Waals surface area contributed by atoms with Crippen molar-refractivity contribution in [3.8, 4) is 10.8 Å². The van der Waals surface area contributed by atoms with E-state index in [0.29, 0.717) is 24.9 Å². The average molecular weight is 450 g/mol. The number of oxazole rings is 1. The van der Waals surface area contributed by atoms with Crippen LogP contribution in [0.2, 0.25) is 0 Å². The van der Waals surface area contributed by atoms with Crippen LogP contribution in [0.5, 0.6) is 0 Å². The van der Waals surface area contributed by atoms with Crippen molar-refractivity contribution in [2.45, 2.75) is 26.0 Å². The molecule has 0 fully saturated rings. The van der Waals surface area contributed by atoms with Crippen LogP contribution < -0.4 is 10.6 Å². The summed E-state index contributed by atoms with van der Waals surface area (Å²) in [4.78, 5) is 9.66. The maximum atomic E-state index is 5.49. The second-order valence-electron chi connectivity index (χ2n) is 5.36. The van der Waals surface area contributed by atoms with Gasteiger partial charge in [0.1, 0.15) is 6.26 Å². The summed E-state index contributed by atoms with van der Waals surface area (Å²) in [6.07, 6.45) is 1.66. The molecule has 0 aromatic carbocycles. The molecule has 2 aromatic heterocycles. The van der Waals surface area contributed by atoms with Gasteiger partial charge in [0.15, 0.2) is 5.96 Å². The van der Waals surface area contributed by atoms with Crippen LogP contribution in [0.4, 0.5) is 0 Å². The normalized spacial score (nSPS) is 11.9. The minimum absolute atomic E-state index is 0. The fourth-order valence-electron chi connectivity index (χ4n) is 1.67. The van der Waals surface area contributed by atoms with Crippen LogP contribution in [0, 0.1) is 0 Å². The molecule has 0 aliphatic carbocycles. The highest BCUT2D eigenvalue weighted by molar-refractivity contribution is 14.0. The molecule has 0 saturated heterocycles. The van der Waals surface area contributed by atoms with Gasteiger partial charge in [-0.15, -0.1) is 35.3 Å². The Morgan fingerprint density at radius 2 is 2.22 bits per heavy atom. The second-order valence-corrected chi connectivity index (χ2v) is 6.31. The Morgan fingerprint density at radius 1 is 1.43 bits per heavy atom. The quantitative estimate of drug-likeness (QED) is 0.402. The van der Waals surface area contributed by atoms with Crippen molar-refractivity contribution in [2.75, 3.05) is 20.7 Å². The summed E-state index contributed by atoms with van der Waals surface area (Å²) in [5.41, 5.74) is 0.579. The number of nitrogens with one attached hydrogen (secondary N) is 2. The monoisotopic (exact) mass is 450 g/mol. The van der Waals surface area contributed by atoms with Gasteiger partial charge < -0.3 is 19.8 Å². The van der Waals surface area contributed by atoms with E-state index in [9.17, 15) is 0 Å². The van der Waals surface area contributed by atoms with Gasteiger partial charge in [0, 0.05) is 20.7 Å². The molecule has 0 bridgehead atoms. The molecule has 0 saturated carbocycles. The molecule has 2 heterocycles. The van der Waals surface area contributed by atoms with Crippen LogP contribution in [0.25, 0.3) is 10.8 Å². The molecule has 2 N–H and O–H groups in total. The maximum absolute atomic E-state index is 5.49. The molecule has 0 atom stereocenters. The van der Waals surface area contributed by atoms with Gasteiger partial charge in [-0.25, -0.2) is 4.98 Å². The van der Waals surface area contributed by atoms with Crippen LogP contribution >= 0.6 is 35.3 Å². The number of hydrogen-bond donors (Lipinski definition) is 2. The van der Waals surface area contributed by atoms with E-state index < -0.39 is 0 Å². The number of halogens is 1. The molecular formula is C15H23IN4O2S. The van der Waals surface area contributed by atoms with E-state index in [1.54, 1.807) is 31.8 Å². The number of nitrogens with zero attached hydrogens (tertiary/aromatic N) is 2. The zero-order valence-corrected chi connectivity index (χ0v) is 16.9. The predicted molar refractivity (Wildman–Crippen MR) is 105 cm³/mol. The summed E-state index contributed by atoms with van der Waals surface area (Å²) in [7, 11) is 3.42. The molecule has 128 valence electrons. The van der Waals surface area contributed by atoms with Gasteiger partial charge in [-0.1, -0.05) is 6.07 Å². The van der Waals surface area contributed by atoms with Crippen molar-refractivity contribution in [3.05, 3.63) is 29.5 Å². The van der Waals surface area contributed by atoms with Crippen molar-refractivity contribution in [3.63, 3.8) is 0 Å². The van der Waals surface area contributed by atoms with Crippen LogP contribution in [-0.2, 0) is 11.3 Å². The largest absolute Gasteiger partial charge is 0.443 e. The van der Waals surface area contributed by atoms with Gasteiger partial charge in [-0.2, -0.15) is 0 Å². The molecule has 0 amide bonds. The summed E-state index contributed by atoms with van der Waals surface area (Å²) in [6, 6.07) is 3.96. The lowest BCUT2D eigenvalue weighted by atomic mass is 10.1.